The van der Waals surface area contributed by atoms with Crippen LogP contribution < -0.4 is 4.65 Å². The first-order valence-electron chi connectivity index (χ1n) is 10.7. The Balaban J connectivity index is 1.48. The van der Waals surface area contributed by atoms with Crippen LogP contribution in [0.5, 0.6) is 5.75 Å². The first-order valence-corrected chi connectivity index (χ1v) is 11.5. The molecule has 2 heterocycles. The van der Waals surface area contributed by atoms with Crippen molar-refractivity contribution in [3.63, 3.8) is 0 Å². The van der Waals surface area contributed by atoms with E-state index in [1.54, 1.807) is 11.3 Å². The van der Waals surface area contributed by atoms with Crippen molar-refractivity contribution in [3.8, 4) is 16.9 Å². The maximum Gasteiger partial charge on any atom is 0.569 e. The van der Waals surface area contributed by atoms with Crippen LogP contribution in [0, 0.1) is 0 Å². The third-order valence-corrected chi connectivity index (χ3v) is 7.47. The van der Waals surface area contributed by atoms with Gasteiger partial charge in [-0.2, -0.15) is 0 Å². The van der Waals surface area contributed by atoms with Crippen LogP contribution in [-0.4, -0.2) is 12.7 Å². The number of rotatable bonds is 3. The van der Waals surface area contributed by atoms with Crippen molar-refractivity contribution >= 4 is 71.9 Å². The van der Waals surface area contributed by atoms with Gasteiger partial charge < -0.3 is 14.1 Å². The maximum atomic E-state index is 9.21. The third kappa shape index (κ3) is 2.80. The average Bonchev–Trinajstić information content (AvgIpc) is 3.42. The smallest absolute Gasteiger partial charge is 0.537 e. The van der Waals surface area contributed by atoms with Crippen LogP contribution in [0.25, 0.3) is 64.0 Å². The number of hydrogen-bond acceptors (Lipinski definition) is 4. The predicted octanol–water partition coefficient (Wildman–Crippen LogP) is 7.68. The van der Waals surface area contributed by atoms with E-state index in [1.165, 1.54) is 15.5 Å². The number of fused-ring (bicyclic) bond motifs is 8. The Labute approximate surface area is 193 Å². The topological polar surface area (TPSA) is 42.6 Å². The van der Waals surface area contributed by atoms with Gasteiger partial charge in [-0.1, -0.05) is 48.5 Å². The van der Waals surface area contributed by atoms with Gasteiger partial charge in [0.1, 0.15) is 16.9 Å². The largest absolute Gasteiger partial charge is 0.569 e. The maximum absolute atomic E-state index is 9.21. The van der Waals surface area contributed by atoms with E-state index in [-0.39, 0.29) is 0 Å². The quantitative estimate of drug-likeness (QED) is 0.285. The highest BCUT2D eigenvalue weighted by molar-refractivity contribution is 7.25. The number of furan rings is 1. The molecule has 155 valence electrons. The molecule has 33 heavy (non-hydrogen) atoms. The fourth-order valence-corrected chi connectivity index (χ4v) is 5.96. The molecule has 0 unspecified atom stereocenters. The molecule has 3 nitrogen and oxygen atoms in total. The molecular weight excluding hydrogens is 427 g/mol. The lowest BCUT2D eigenvalue weighted by molar-refractivity contribution is 0.457. The molecule has 7 rings (SSSR count). The minimum Gasteiger partial charge on any atom is -0.537 e. The summed E-state index contributed by atoms with van der Waals surface area (Å²) < 4.78 is 13.9. The van der Waals surface area contributed by atoms with E-state index in [0.717, 1.165) is 56.2 Å². The lowest BCUT2D eigenvalue weighted by atomic mass is 9.99. The van der Waals surface area contributed by atoms with Gasteiger partial charge in [0.15, 0.2) is 0 Å². The van der Waals surface area contributed by atoms with E-state index in [2.05, 4.69) is 78.9 Å². The van der Waals surface area contributed by atoms with Crippen LogP contribution in [0.2, 0.25) is 0 Å². The molecule has 0 atom stereocenters. The van der Waals surface area contributed by atoms with Crippen molar-refractivity contribution in [2.75, 3.05) is 0 Å². The molecule has 5 heteroatoms. The summed E-state index contributed by atoms with van der Waals surface area (Å²) >= 11 is 1.72. The van der Waals surface area contributed by atoms with E-state index in [9.17, 15) is 5.02 Å². The standard InChI is InChI=1S/C28H16BO3S/c30-29-32-24-6-3-7-26-28(24)21-15-18(10-13-25(21)33-26)17-9-11-22-20(14-17)27-19-5-2-1-4-16(19)8-12-23(27)31-22/h1-15,30H. The molecule has 0 bridgehead atoms. The second-order valence-corrected chi connectivity index (χ2v) is 9.22. The Morgan fingerprint density at radius 1 is 0.667 bits per heavy atom. The van der Waals surface area contributed by atoms with Crippen molar-refractivity contribution in [1.82, 2.24) is 0 Å². The van der Waals surface area contributed by atoms with Crippen molar-refractivity contribution in [2.24, 2.45) is 0 Å². The molecular formula is C28H16BO3S. The molecule has 1 N–H and O–H groups in total. The van der Waals surface area contributed by atoms with Gasteiger partial charge >= 0.3 is 7.69 Å². The molecule has 0 saturated heterocycles. The lowest BCUT2D eigenvalue weighted by Gasteiger charge is -2.06. The summed E-state index contributed by atoms with van der Waals surface area (Å²) in [5, 5.41) is 16.0. The fourth-order valence-electron chi connectivity index (χ4n) is 4.86. The highest BCUT2D eigenvalue weighted by Gasteiger charge is 2.14. The molecule has 0 fully saturated rings. The van der Waals surface area contributed by atoms with Gasteiger partial charge in [0, 0.05) is 30.9 Å². The molecule has 0 aliphatic rings. The van der Waals surface area contributed by atoms with Gasteiger partial charge in [0.05, 0.1) is 0 Å². The fraction of sp³-hybridized carbons (Fsp3) is 0. The Morgan fingerprint density at radius 3 is 2.39 bits per heavy atom. The molecule has 5 aromatic carbocycles. The molecule has 0 saturated carbocycles. The minimum atomic E-state index is 0.654. The van der Waals surface area contributed by atoms with E-state index in [1.807, 2.05) is 12.1 Å². The molecule has 0 amide bonds. The number of thiophene rings is 1. The van der Waals surface area contributed by atoms with Gasteiger partial charge in [-0.3, -0.25) is 0 Å². The van der Waals surface area contributed by atoms with Gasteiger partial charge in [-0.25, -0.2) is 0 Å². The normalized spacial score (nSPS) is 11.8. The van der Waals surface area contributed by atoms with Crippen LogP contribution in [0.1, 0.15) is 0 Å². The van der Waals surface area contributed by atoms with E-state index >= 15 is 0 Å². The molecule has 1 radical (unpaired) electrons. The summed E-state index contributed by atoms with van der Waals surface area (Å²) in [6.07, 6.45) is 0. The highest BCUT2D eigenvalue weighted by atomic mass is 32.1. The van der Waals surface area contributed by atoms with Crippen molar-refractivity contribution in [1.29, 1.82) is 0 Å². The van der Waals surface area contributed by atoms with Gasteiger partial charge in [-0.05, 0) is 64.4 Å². The molecule has 0 spiro atoms. The summed E-state index contributed by atoms with van der Waals surface area (Å²) in [6.45, 7) is 0. The molecule has 0 aliphatic heterocycles. The van der Waals surface area contributed by atoms with Crippen LogP contribution in [0.3, 0.4) is 0 Å². The van der Waals surface area contributed by atoms with Crippen LogP contribution in [0.4, 0.5) is 0 Å². The Bertz CT molecular complexity index is 1850. The highest BCUT2D eigenvalue weighted by Crippen LogP contribution is 2.42. The Hall–Kier alpha value is -3.80. The third-order valence-electron chi connectivity index (χ3n) is 6.33. The first kappa shape index (κ1) is 18.7. The van der Waals surface area contributed by atoms with Crippen molar-refractivity contribution in [2.45, 2.75) is 0 Å². The Morgan fingerprint density at radius 2 is 1.48 bits per heavy atom. The zero-order valence-electron chi connectivity index (χ0n) is 17.4. The molecule has 0 aliphatic carbocycles. The molecule has 2 aromatic heterocycles. The van der Waals surface area contributed by atoms with Crippen molar-refractivity contribution in [3.05, 3.63) is 91.0 Å². The Kier molecular flexibility index (Phi) is 4.04. The second-order valence-electron chi connectivity index (χ2n) is 8.14. The zero-order valence-corrected chi connectivity index (χ0v) is 18.2. The van der Waals surface area contributed by atoms with Gasteiger partial charge in [0.2, 0.25) is 0 Å². The van der Waals surface area contributed by atoms with E-state index in [4.69, 9.17) is 9.07 Å². The number of hydrogen-bond donors (Lipinski definition) is 1. The summed E-state index contributed by atoms with van der Waals surface area (Å²) in [7, 11) is 0.740. The zero-order chi connectivity index (χ0) is 21.9. The van der Waals surface area contributed by atoms with E-state index in [0.29, 0.717) is 5.75 Å². The predicted molar refractivity (Wildman–Crippen MR) is 138 cm³/mol. The number of benzene rings is 5. The first-order chi connectivity index (χ1) is 16.3. The summed E-state index contributed by atoms with van der Waals surface area (Å²) in [5.41, 5.74) is 4.05. The van der Waals surface area contributed by atoms with Crippen LogP contribution in [-0.2, 0) is 0 Å². The van der Waals surface area contributed by atoms with Gasteiger partial charge in [-0.15, -0.1) is 11.3 Å². The monoisotopic (exact) mass is 443 g/mol. The summed E-state index contributed by atoms with van der Waals surface area (Å²) in [6, 6.07) is 31.4. The van der Waals surface area contributed by atoms with Crippen molar-refractivity contribution < 1.29 is 14.1 Å². The van der Waals surface area contributed by atoms with Crippen LogP contribution in [0.15, 0.2) is 95.4 Å². The van der Waals surface area contributed by atoms with Gasteiger partial charge in [0.25, 0.3) is 0 Å². The van der Waals surface area contributed by atoms with E-state index < -0.39 is 0 Å². The minimum absolute atomic E-state index is 0.654. The lowest BCUT2D eigenvalue weighted by Crippen LogP contribution is -1.99. The average molecular weight is 443 g/mol. The SMILES string of the molecule is O[B]Oc1cccc2sc3ccc(-c4ccc5oc6ccc7ccccc7c6c5c4)cc3c12. The summed E-state index contributed by atoms with van der Waals surface area (Å²) in [4.78, 5) is 0. The molecule has 7 aromatic rings. The van der Waals surface area contributed by atoms with Crippen LogP contribution >= 0.6 is 11.3 Å². The second kappa shape index (κ2) is 7.10. The summed E-state index contributed by atoms with van der Waals surface area (Å²) in [5.74, 6) is 0.654.